The van der Waals surface area contributed by atoms with E-state index in [9.17, 15) is 9.59 Å². The Labute approximate surface area is 105 Å². The minimum absolute atomic E-state index is 0.00407. The van der Waals surface area contributed by atoms with Crippen LogP contribution in [0.15, 0.2) is 18.2 Å². The van der Waals surface area contributed by atoms with Crippen molar-refractivity contribution in [3.8, 4) is 11.5 Å². The zero-order chi connectivity index (χ0) is 12.5. The number of Topliss-reactive ketones (excluding diaryl/α,β-unsaturated/α-hetero) is 2. The van der Waals surface area contributed by atoms with Gasteiger partial charge in [0.1, 0.15) is 23.4 Å². The minimum atomic E-state index is -0.0404. The van der Waals surface area contributed by atoms with Crippen LogP contribution in [0.25, 0.3) is 0 Å². The van der Waals surface area contributed by atoms with E-state index in [1.807, 2.05) is 0 Å². The van der Waals surface area contributed by atoms with Crippen molar-refractivity contribution in [2.24, 2.45) is 0 Å². The zero-order valence-electron chi connectivity index (χ0n) is 9.98. The lowest BCUT2D eigenvalue weighted by Crippen LogP contribution is -2.25. The molecule has 2 aliphatic rings. The van der Waals surface area contributed by atoms with Crippen molar-refractivity contribution in [1.29, 1.82) is 0 Å². The Morgan fingerprint density at radius 1 is 1.28 bits per heavy atom. The summed E-state index contributed by atoms with van der Waals surface area (Å²) in [6.45, 7) is 0.112. The van der Waals surface area contributed by atoms with E-state index in [0.29, 0.717) is 29.9 Å². The van der Waals surface area contributed by atoms with Crippen LogP contribution < -0.4 is 9.47 Å². The second-order valence-electron chi connectivity index (χ2n) is 4.74. The van der Waals surface area contributed by atoms with Gasteiger partial charge >= 0.3 is 0 Å². The lowest BCUT2D eigenvalue weighted by atomic mass is 9.96. The molecule has 1 unspecified atom stereocenters. The predicted molar refractivity (Wildman–Crippen MR) is 64.2 cm³/mol. The molecule has 0 spiro atoms. The second-order valence-corrected chi connectivity index (χ2v) is 4.74. The fourth-order valence-electron chi connectivity index (χ4n) is 2.42. The van der Waals surface area contributed by atoms with E-state index in [-0.39, 0.29) is 24.3 Å². The topological polar surface area (TPSA) is 52.6 Å². The van der Waals surface area contributed by atoms with Gasteiger partial charge in [0.15, 0.2) is 6.61 Å². The molecule has 0 radical (unpaired) electrons. The highest BCUT2D eigenvalue weighted by Crippen LogP contribution is 2.31. The molecule has 1 saturated carbocycles. The van der Waals surface area contributed by atoms with Crippen LogP contribution in [0.5, 0.6) is 11.5 Å². The van der Waals surface area contributed by atoms with Gasteiger partial charge in [0.05, 0.1) is 5.56 Å². The van der Waals surface area contributed by atoms with Crippen LogP contribution in [0.4, 0.5) is 0 Å². The van der Waals surface area contributed by atoms with E-state index < -0.39 is 0 Å². The number of benzene rings is 1. The van der Waals surface area contributed by atoms with Gasteiger partial charge in [-0.3, -0.25) is 9.59 Å². The van der Waals surface area contributed by atoms with E-state index in [4.69, 9.17) is 9.47 Å². The summed E-state index contributed by atoms with van der Waals surface area (Å²) in [7, 11) is 0. The fourth-order valence-corrected chi connectivity index (χ4v) is 2.42. The van der Waals surface area contributed by atoms with Gasteiger partial charge in [0.2, 0.25) is 5.78 Å². The summed E-state index contributed by atoms with van der Waals surface area (Å²) in [6.07, 6.45) is 2.91. The van der Waals surface area contributed by atoms with Crippen molar-refractivity contribution in [3.05, 3.63) is 23.8 Å². The molecule has 0 amide bonds. The highest BCUT2D eigenvalue weighted by molar-refractivity contribution is 6.02. The van der Waals surface area contributed by atoms with Gasteiger partial charge in [-0.1, -0.05) is 0 Å². The Kier molecular flexibility index (Phi) is 2.78. The van der Waals surface area contributed by atoms with Crippen LogP contribution >= 0.6 is 0 Å². The maximum absolute atomic E-state index is 11.4. The summed E-state index contributed by atoms with van der Waals surface area (Å²) in [5, 5.41) is 0. The number of hydrogen-bond acceptors (Lipinski definition) is 4. The normalized spacial score (nSPS) is 22.6. The summed E-state index contributed by atoms with van der Waals surface area (Å²) >= 11 is 0. The molecule has 4 nitrogen and oxygen atoms in total. The average molecular weight is 246 g/mol. The first-order valence-electron chi connectivity index (χ1n) is 6.21. The fraction of sp³-hybridized carbons (Fsp3) is 0.429. The van der Waals surface area contributed by atoms with Gasteiger partial charge in [0, 0.05) is 18.9 Å². The monoisotopic (exact) mass is 246 g/mol. The number of ether oxygens (including phenoxy) is 2. The van der Waals surface area contributed by atoms with Crippen LogP contribution in [0.2, 0.25) is 0 Å². The number of hydrogen-bond donors (Lipinski definition) is 0. The first-order valence-corrected chi connectivity index (χ1v) is 6.21. The van der Waals surface area contributed by atoms with Crippen LogP contribution in [0.1, 0.15) is 36.0 Å². The number of ketones is 2. The molecule has 1 heterocycles. The van der Waals surface area contributed by atoms with Crippen molar-refractivity contribution < 1.29 is 19.1 Å². The molecule has 94 valence electrons. The Morgan fingerprint density at radius 2 is 2.17 bits per heavy atom. The minimum Gasteiger partial charge on any atom is -0.490 e. The summed E-state index contributed by atoms with van der Waals surface area (Å²) < 4.78 is 11.0. The third-order valence-corrected chi connectivity index (χ3v) is 3.35. The number of carbonyl (C=O) groups excluding carboxylic acids is 2. The Bertz CT molecular complexity index is 507. The number of fused-ring (bicyclic) bond motifs is 1. The Hall–Kier alpha value is -1.84. The average Bonchev–Trinajstić information content (AvgIpc) is 2.71. The molecule has 4 heteroatoms. The molecule has 1 aliphatic heterocycles. The van der Waals surface area contributed by atoms with Gasteiger partial charge in [-0.2, -0.15) is 0 Å². The molecule has 1 aliphatic carbocycles. The summed E-state index contributed by atoms with van der Waals surface area (Å²) in [5.41, 5.74) is 0.613. The second kappa shape index (κ2) is 4.44. The summed E-state index contributed by atoms with van der Waals surface area (Å²) in [6, 6.07) is 5.23. The highest BCUT2D eigenvalue weighted by Gasteiger charge is 2.24. The Morgan fingerprint density at radius 3 is 3.00 bits per heavy atom. The molecule has 0 N–H and O–H groups in total. The van der Waals surface area contributed by atoms with Crippen LogP contribution in [-0.4, -0.2) is 24.3 Å². The van der Waals surface area contributed by atoms with Gasteiger partial charge in [-0.25, -0.2) is 0 Å². The Balaban J connectivity index is 1.74. The van der Waals surface area contributed by atoms with Crippen molar-refractivity contribution in [1.82, 2.24) is 0 Å². The standard InChI is InChI=1S/C14H14O4/c15-9-2-1-3-10(6-9)18-11-4-5-12-13(16)8-17-14(12)7-11/h4-5,7,10H,1-3,6,8H2. The smallest absolute Gasteiger partial charge is 0.203 e. The molecule has 3 rings (SSSR count). The lowest BCUT2D eigenvalue weighted by molar-refractivity contribution is -0.122. The van der Waals surface area contributed by atoms with Crippen LogP contribution in [-0.2, 0) is 4.79 Å². The third-order valence-electron chi connectivity index (χ3n) is 3.35. The molecular weight excluding hydrogens is 232 g/mol. The van der Waals surface area contributed by atoms with Gasteiger partial charge in [-0.05, 0) is 25.0 Å². The van der Waals surface area contributed by atoms with Crippen molar-refractivity contribution in [3.63, 3.8) is 0 Å². The maximum atomic E-state index is 11.4. The maximum Gasteiger partial charge on any atom is 0.203 e. The van der Waals surface area contributed by atoms with Crippen molar-refractivity contribution >= 4 is 11.6 Å². The molecule has 18 heavy (non-hydrogen) atoms. The van der Waals surface area contributed by atoms with Gasteiger partial charge in [0.25, 0.3) is 0 Å². The van der Waals surface area contributed by atoms with Crippen molar-refractivity contribution in [2.45, 2.75) is 31.8 Å². The molecule has 1 aromatic rings. The van der Waals surface area contributed by atoms with Crippen LogP contribution in [0, 0.1) is 0 Å². The molecule has 1 aromatic carbocycles. The molecule has 0 bridgehead atoms. The van der Waals surface area contributed by atoms with E-state index in [1.54, 1.807) is 18.2 Å². The first-order chi connectivity index (χ1) is 8.72. The van der Waals surface area contributed by atoms with Gasteiger partial charge < -0.3 is 9.47 Å². The van der Waals surface area contributed by atoms with Crippen molar-refractivity contribution in [2.75, 3.05) is 6.61 Å². The number of carbonyl (C=O) groups is 2. The zero-order valence-corrected chi connectivity index (χ0v) is 9.98. The lowest BCUT2D eigenvalue weighted by Gasteiger charge is -2.22. The summed E-state index contributed by atoms with van der Waals surface area (Å²) in [5.74, 6) is 1.52. The number of rotatable bonds is 2. The molecule has 1 atom stereocenters. The SMILES string of the molecule is O=C1CCCC(Oc2ccc3c(c2)OCC3=O)C1. The highest BCUT2D eigenvalue weighted by atomic mass is 16.5. The molecule has 1 fully saturated rings. The molecule has 0 saturated heterocycles. The van der Waals surface area contributed by atoms with Crippen LogP contribution in [0.3, 0.4) is 0 Å². The first kappa shape index (κ1) is 11.3. The van der Waals surface area contributed by atoms with E-state index >= 15 is 0 Å². The summed E-state index contributed by atoms with van der Waals surface area (Å²) in [4.78, 5) is 22.7. The van der Waals surface area contributed by atoms with E-state index in [0.717, 1.165) is 12.8 Å². The van der Waals surface area contributed by atoms with Gasteiger partial charge in [-0.15, -0.1) is 0 Å². The van der Waals surface area contributed by atoms with E-state index in [1.165, 1.54) is 0 Å². The molecular formula is C14H14O4. The largest absolute Gasteiger partial charge is 0.490 e. The predicted octanol–water partition coefficient (Wildman–Crippen LogP) is 2.15. The molecule has 0 aromatic heterocycles. The third kappa shape index (κ3) is 2.10. The van der Waals surface area contributed by atoms with E-state index in [2.05, 4.69) is 0 Å². The quantitative estimate of drug-likeness (QED) is 0.802.